The summed E-state index contributed by atoms with van der Waals surface area (Å²) in [5.74, 6) is 0.874. The van der Waals surface area contributed by atoms with E-state index in [2.05, 4.69) is 5.32 Å². The Morgan fingerprint density at radius 2 is 1.72 bits per heavy atom. The quantitative estimate of drug-likeness (QED) is 0.706. The molecule has 1 aliphatic heterocycles. The minimum Gasteiger partial charge on any atom is -0.502 e. The molecule has 0 aliphatic carbocycles. The number of amides is 1. The fourth-order valence-electron chi connectivity index (χ4n) is 3.82. The predicted octanol–water partition coefficient (Wildman–Crippen LogP) is 3.69. The van der Waals surface area contributed by atoms with Gasteiger partial charge in [-0.2, -0.15) is 5.10 Å². The van der Waals surface area contributed by atoms with Gasteiger partial charge in [0.2, 0.25) is 11.7 Å². The number of phenols is 1. The lowest BCUT2D eigenvalue weighted by atomic mass is 9.85. The molecule has 2 N–H and O–H groups in total. The van der Waals surface area contributed by atoms with Gasteiger partial charge in [-0.15, -0.1) is 0 Å². The van der Waals surface area contributed by atoms with Gasteiger partial charge in [-0.25, -0.2) is 4.68 Å². The highest BCUT2D eigenvalue weighted by Crippen LogP contribution is 2.45. The van der Waals surface area contributed by atoms with Crippen molar-refractivity contribution in [3.8, 4) is 22.9 Å². The van der Waals surface area contributed by atoms with E-state index in [1.165, 1.54) is 14.2 Å². The Morgan fingerprint density at radius 1 is 1.10 bits per heavy atom. The molecule has 1 atom stereocenters. The van der Waals surface area contributed by atoms with Gasteiger partial charge in [0.25, 0.3) is 0 Å². The number of carbonyl (C=O) groups excluding carboxylic acids is 1. The molecule has 3 aromatic rings. The molecule has 0 unspecified atom stereocenters. The maximum atomic E-state index is 12.6. The Kier molecular flexibility index (Phi) is 4.66. The first-order valence-corrected chi connectivity index (χ1v) is 9.34. The third-order valence-corrected chi connectivity index (χ3v) is 5.29. The van der Waals surface area contributed by atoms with Crippen LogP contribution in [0.25, 0.3) is 5.69 Å². The van der Waals surface area contributed by atoms with E-state index in [0.29, 0.717) is 17.3 Å². The van der Waals surface area contributed by atoms with E-state index in [-0.39, 0.29) is 24.0 Å². The number of fused-ring (bicyclic) bond motifs is 1. The largest absolute Gasteiger partial charge is 0.502 e. The third-order valence-electron chi connectivity index (χ3n) is 5.29. The number of aryl methyl sites for hydroxylation is 2. The second kappa shape index (κ2) is 7.16. The van der Waals surface area contributed by atoms with E-state index < -0.39 is 0 Å². The van der Waals surface area contributed by atoms with E-state index in [9.17, 15) is 9.90 Å². The monoisotopic (exact) mass is 393 g/mol. The van der Waals surface area contributed by atoms with Crippen LogP contribution in [0.1, 0.15) is 34.7 Å². The summed E-state index contributed by atoms with van der Waals surface area (Å²) in [6.07, 6.45) is 0.268. The number of benzene rings is 2. The molecule has 1 aliphatic rings. The molecule has 7 heteroatoms. The Bertz CT molecular complexity index is 1060. The molecular formula is C22H23N3O4. The lowest BCUT2D eigenvalue weighted by Crippen LogP contribution is -2.25. The van der Waals surface area contributed by atoms with E-state index in [1.54, 1.807) is 16.8 Å². The van der Waals surface area contributed by atoms with Crippen molar-refractivity contribution in [1.82, 2.24) is 9.78 Å². The summed E-state index contributed by atoms with van der Waals surface area (Å²) >= 11 is 0. The number of aromatic hydroxyl groups is 1. The summed E-state index contributed by atoms with van der Waals surface area (Å²) < 4.78 is 12.4. The number of rotatable bonds is 4. The number of methoxy groups -OCH3 is 2. The average Bonchev–Trinajstić information content (AvgIpc) is 3.04. The molecule has 0 fully saturated rings. The minimum absolute atomic E-state index is 0.0636. The Hall–Kier alpha value is -3.48. The van der Waals surface area contributed by atoms with Gasteiger partial charge >= 0.3 is 0 Å². The van der Waals surface area contributed by atoms with Gasteiger partial charge < -0.3 is 19.9 Å². The Labute approximate surface area is 168 Å². The molecule has 4 rings (SSSR count). The van der Waals surface area contributed by atoms with Crippen molar-refractivity contribution in [3.05, 3.63) is 58.8 Å². The number of ether oxygens (including phenoxy) is 2. The number of hydrogen-bond acceptors (Lipinski definition) is 5. The lowest BCUT2D eigenvalue weighted by Gasteiger charge is -2.25. The molecule has 0 bridgehead atoms. The van der Waals surface area contributed by atoms with E-state index >= 15 is 0 Å². The summed E-state index contributed by atoms with van der Waals surface area (Å²) in [5, 5.41) is 17.9. The van der Waals surface area contributed by atoms with Gasteiger partial charge in [-0.3, -0.25) is 4.79 Å². The van der Waals surface area contributed by atoms with Crippen LogP contribution in [-0.4, -0.2) is 35.0 Å². The fourth-order valence-corrected chi connectivity index (χ4v) is 3.82. The second-order valence-electron chi connectivity index (χ2n) is 7.17. The average molecular weight is 393 g/mol. The first-order valence-electron chi connectivity index (χ1n) is 9.34. The van der Waals surface area contributed by atoms with E-state index in [4.69, 9.17) is 14.6 Å². The van der Waals surface area contributed by atoms with Gasteiger partial charge in [-0.05, 0) is 43.7 Å². The normalized spacial score (nSPS) is 15.6. The molecule has 1 aromatic heterocycles. The molecule has 150 valence electrons. The van der Waals surface area contributed by atoms with Crippen molar-refractivity contribution in [1.29, 1.82) is 0 Å². The van der Waals surface area contributed by atoms with Crippen molar-refractivity contribution in [2.75, 3.05) is 19.5 Å². The molecule has 1 amide bonds. The molecular weight excluding hydrogens is 370 g/mol. The Balaban J connectivity index is 1.88. The van der Waals surface area contributed by atoms with E-state index in [1.807, 2.05) is 38.1 Å². The summed E-state index contributed by atoms with van der Waals surface area (Å²) in [6.45, 7) is 3.96. The number of nitrogens with one attached hydrogen (secondary N) is 1. The fraction of sp³-hybridized carbons (Fsp3) is 0.273. The highest BCUT2D eigenvalue weighted by atomic mass is 16.5. The van der Waals surface area contributed by atoms with Crippen LogP contribution in [0.4, 0.5) is 5.82 Å². The van der Waals surface area contributed by atoms with Gasteiger partial charge in [0.15, 0.2) is 11.5 Å². The maximum Gasteiger partial charge on any atom is 0.226 e. The SMILES string of the molecule is COc1cc([C@H]2CC(=O)Nc3c2c(C)nn3-c2ccc(C)cc2)cc(OC)c1O. The van der Waals surface area contributed by atoms with E-state index in [0.717, 1.165) is 28.1 Å². The number of phenolic OH excluding ortho intramolecular Hbond substituents is 1. The van der Waals surface area contributed by atoms with Gasteiger partial charge in [0, 0.05) is 17.9 Å². The zero-order valence-electron chi connectivity index (χ0n) is 16.8. The third kappa shape index (κ3) is 3.18. The molecule has 2 aromatic carbocycles. The molecule has 0 spiro atoms. The highest BCUT2D eigenvalue weighted by Gasteiger charge is 2.33. The highest BCUT2D eigenvalue weighted by molar-refractivity contribution is 5.95. The number of nitrogens with zero attached hydrogens (tertiary/aromatic N) is 2. The first kappa shape index (κ1) is 18.9. The Morgan fingerprint density at radius 3 is 2.31 bits per heavy atom. The summed E-state index contributed by atoms with van der Waals surface area (Å²) in [5.41, 5.74) is 4.62. The van der Waals surface area contributed by atoms with Gasteiger partial charge in [-0.1, -0.05) is 17.7 Å². The van der Waals surface area contributed by atoms with Gasteiger partial charge in [0.1, 0.15) is 5.82 Å². The topological polar surface area (TPSA) is 85.6 Å². The zero-order valence-corrected chi connectivity index (χ0v) is 16.8. The number of hydrogen-bond donors (Lipinski definition) is 2. The van der Waals surface area contributed by atoms with Crippen molar-refractivity contribution >= 4 is 11.7 Å². The van der Waals surface area contributed by atoms with Crippen LogP contribution in [0.5, 0.6) is 17.2 Å². The van der Waals surface area contributed by atoms with Crippen LogP contribution in [0, 0.1) is 13.8 Å². The van der Waals surface area contributed by atoms with Crippen molar-refractivity contribution in [2.45, 2.75) is 26.2 Å². The number of carbonyl (C=O) groups is 1. The predicted molar refractivity (Wildman–Crippen MR) is 109 cm³/mol. The minimum atomic E-state index is -0.235. The maximum absolute atomic E-state index is 12.6. The second-order valence-corrected chi connectivity index (χ2v) is 7.17. The summed E-state index contributed by atoms with van der Waals surface area (Å²) in [6, 6.07) is 11.5. The zero-order chi connectivity index (χ0) is 20.7. The number of aromatic nitrogens is 2. The van der Waals surface area contributed by atoms with Crippen LogP contribution in [-0.2, 0) is 4.79 Å². The van der Waals surface area contributed by atoms with Crippen LogP contribution in [0.15, 0.2) is 36.4 Å². The van der Waals surface area contributed by atoms with Crippen LogP contribution >= 0.6 is 0 Å². The van der Waals surface area contributed by atoms with Crippen molar-refractivity contribution in [3.63, 3.8) is 0 Å². The van der Waals surface area contributed by atoms with Crippen LogP contribution in [0.2, 0.25) is 0 Å². The van der Waals surface area contributed by atoms with Gasteiger partial charge in [0.05, 0.1) is 25.6 Å². The number of anilines is 1. The summed E-state index contributed by atoms with van der Waals surface area (Å²) in [4.78, 5) is 12.6. The molecule has 0 saturated heterocycles. The molecule has 29 heavy (non-hydrogen) atoms. The molecule has 0 saturated carbocycles. The lowest BCUT2D eigenvalue weighted by molar-refractivity contribution is -0.116. The molecule has 0 radical (unpaired) electrons. The van der Waals surface area contributed by atoms with Crippen LogP contribution in [0.3, 0.4) is 0 Å². The van der Waals surface area contributed by atoms with Crippen LogP contribution < -0.4 is 14.8 Å². The smallest absolute Gasteiger partial charge is 0.226 e. The first-order chi connectivity index (χ1) is 13.9. The van der Waals surface area contributed by atoms with Crippen molar-refractivity contribution in [2.24, 2.45) is 0 Å². The summed E-state index contributed by atoms with van der Waals surface area (Å²) in [7, 11) is 2.97. The van der Waals surface area contributed by atoms with Crippen molar-refractivity contribution < 1.29 is 19.4 Å². The molecule has 2 heterocycles. The molecule has 7 nitrogen and oxygen atoms in total. The standard InChI is InChI=1S/C22H23N3O4/c1-12-5-7-15(8-6-12)25-22-20(13(2)24-25)16(11-19(26)23-22)14-9-17(28-3)21(27)18(10-14)29-4/h5-10,16,27H,11H2,1-4H3,(H,23,26)/t16-/m1/s1.